The summed E-state index contributed by atoms with van der Waals surface area (Å²) in [4.78, 5) is 0. The van der Waals surface area contributed by atoms with Crippen LogP contribution in [-0.4, -0.2) is 59.4 Å². The predicted molar refractivity (Wildman–Crippen MR) is 265 cm³/mol. The summed E-state index contributed by atoms with van der Waals surface area (Å²) in [6.07, 6.45) is -2.98. The van der Waals surface area contributed by atoms with Crippen molar-refractivity contribution in [1.29, 1.82) is 0 Å². The summed E-state index contributed by atoms with van der Waals surface area (Å²) >= 11 is 0. The highest BCUT2D eigenvalue weighted by Gasteiger charge is 2.55. The molecule has 0 unspecified atom stereocenters. The average molecular weight is 881 g/mol. The molecule has 1 heterocycles. The van der Waals surface area contributed by atoms with Gasteiger partial charge in [0.25, 0.3) is 16.6 Å². The van der Waals surface area contributed by atoms with Crippen LogP contribution in [0.1, 0.15) is 63.8 Å². The molecule has 1 saturated heterocycles. The van der Waals surface area contributed by atoms with Crippen LogP contribution in [0.25, 0.3) is 0 Å². The van der Waals surface area contributed by atoms with Crippen LogP contribution in [0.2, 0.25) is 10.1 Å². The van der Waals surface area contributed by atoms with E-state index in [4.69, 9.17) is 18.1 Å². The molecule has 1 aliphatic rings. The van der Waals surface area contributed by atoms with E-state index in [1.807, 2.05) is 0 Å². The maximum Gasteiger partial charge on any atom is 0.261 e. The minimum absolute atomic E-state index is 0.190. The van der Waals surface area contributed by atoms with Crippen LogP contribution in [-0.2, 0) is 18.1 Å². The first-order valence-corrected chi connectivity index (χ1v) is 27.1. The maximum absolute atomic E-state index is 12.8. The van der Waals surface area contributed by atoms with Gasteiger partial charge in [0, 0.05) is 10.6 Å². The summed E-state index contributed by atoms with van der Waals surface area (Å²) in [7, 11) is -7.34. The Hall–Kier alpha value is -4.02. The molecule has 0 radical (unpaired) electrons. The van der Waals surface area contributed by atoms with Gasteiger partial charge in [-0.15, -0.1) is 0 Å². The lowest BCUT2D eigenvalue weighted by molar-refractivity contribution is -0.0324. The van der Waals surface area contributed by atoms with E-state index in [1.165, 1.54) is 43.0 Å². The number of aliphatic hydroxyl groups is 1. The van der Waals surface area contributed by atoms with Crippen molar-refractivity contribution in [3.63, 3.8) is 0 Å². The first-order valence-electron chi connectivity index (χ1n) is 22.0. The Balaban J connectivity index is 1.33. The second-order valence-corrected chi connectivity index (χ2v) is 29.7. The zero-order valence-electron chi connectivity index (χ0n) is 38.3. The summed E-state index contributed by atoms with van der Waals surface area (Å²) in [6.45, 7) is 22.7. The highest BCUT2D eigenvalue weighted by Crippen LogP contribution is 2.44. The molecule has 0 saturated carbocycles. The molecule has 324 valence electrons. The van der Waals surface area contributed by atoms with E-state index < -0.39 is 49.2 Å². The monoisotopic (exact) mass is 880 g/mol. The molecule has 0 spiro atoms. The maximum atomic E-state index is 12.8. The third kappa shape index (κ3) is 9.43. The molecule has 4 atom stereocenters. The molecule has 0 amide bonds. The number of hydrogen-bond acceptors (Lipinski definition) is 5. The third-order valence-electron chi connectivity index (χ3n) is 12.3. The van der Waals surface area contributed by atoms with Gasteiger partial charge < -0.3 is 23.2 Å². The molecule has 0 bridgehead atoms. The van der Waals surface area contributed by atoms with Crippen molar-refractivity contribution in [1.82, 2.24) is 0 Å². The molecule has 1 N–H and O–H groups in total. The van der Waals surface area contributed by atoms with Crippen molar-refractivity contribution in [2.24, 2.45) is 0 Å². The molecule has 5 nitrogen and oxygen atoms in total. The van der Waals surface area contributed by atoms with E-state index in [2.05, 4.69) is 227 Å². The summed E-state index contributed by atoms with van der Waals surface area (Å²) in [5.41, 5.74) is 4.69. The second-order valence-electron chi connectivity index (χ2n) is 19.2. The van der Waals surface area contributed by atoms with Gasteiger partial charge in [-0.2, -0.15) is 0 Å². The van der Waals surface area contributed by atoms with Crippen molar-refractivity contribution in [2.75, 3.05) is 13.2 Å². The van der Waals surface area contributed by atoms with Crippen molar-refractivity contribution in [3.05, 3.63) is 180 Å². The second kappa shape index (κ2) is 19.0. The molecule has 6 aromatic carbocycles. The first kappa shape index (κ1) is 46.0. The van der Waals surface area contributed by atoms with Gasteiger partial charge in [-0.1, -0.05) is 197 Å². The number of aliphatic hydroxyl groups excluding tert-OH is 1. The first-order chi connectivity index (χ1) is 29.5. The molecular weight excluding hydrogens is 816 g/mol. The molecule has 1 fully saturated rings. The van der Waals surface area contributed by atoms with Gasteiger partial charge in [0.1, 0.15) is 24.4 Å². The fraction of sp³-hybridized carbons (Fsp3) is 0.333. The number of hydrogen-bond donors (Lipinski definition) is 1. The predicted octanol–water partition coefficient (Wildman–Crippen LogP) is 8.93. The fourth-order valence-corrected chi connectivity index (χ4v) is 21.2. The molecule has 0 aromatic heterocycles. The zero-order chi connectivity index (χ0) is 44.3. The van der Waals surface area contributed by atoms with Crippen molar-refractivity contribution in [2.45, 2.75) is 104 Å². The summed E-state index contributed by atoms with van der Waals surface area (Å²) in [6, 6.07) is 56.0. The largest absolute Gasteiger partial charge is 0.405 e. The zero-order valence-corrected chi connectivity index (χ0v) is 41.2. The fourth-order valence-electron chi connectivity index (χ4n) is 9.68. The minimum atomic E-state index is -2.99. The molecule has 1 aliphatic heterocycles. The number of benzene rings is 6. The van der Waals surface area contributed by atoms with Crippen molar-refractivity contribution >= 4 is 56.1 Å². The quantitative estimate of drug-likeness (QED) is 0.0876. The van der Waals surface area contributed by atoms with Gasteiger partial charge in [0.2, 0.25) is 0 Å². The van der Waals surface area contributed by atoms with E-state index >= 15 is 0 Å². The van der Waals surface area contributed by atoms with Crippen LogP contribution in [0.5, 0.6) is 0 Å². The molecule has 7 rings (SSSR count). The Morgan fingerprint density at radius 1 is 0.484 bits per heavy atom. The lowest BCUT2D eigenvalue weighted by atomic mass is 10.1. The summed E-state index contributed by atoms with van der Waals surface area (Å²) in [5.74, 6) is 0. The van der Waals surface area contributed by atoms with Crippen LogP contribution in [0.3, 0.4) is 0 Å². The molecule has 8 heteroatoms. The van der Waals surface area contributed by atoms with Crippen LogP contribution < -0.4 is 31.4 Å². The van der Waals surface area contributed by atoms with Gasteiger partial charge in [-0.05, 0) is 82.8 Å². The standard InChI is InChI=1S/C54H65O5PSi2/c1-39-31-40(2)34-43(33-39)60(44-35-41(3)32-42(4)36-44)59-52-50(38-57-62(54(8,9)10,47-27-19-13-20-28-47)48-29-21-14-22-30-48)58-49(51(52)55)37-56-61(53(5,6)7,45-23-15-11-16-24-45)46-25-17-12-18-26-46/h11-36,49-52,55H,37-38H2,1-10H3/t49-,50-,51-,52-/m1/s1. The average Bonchev–Trinajstić information content (AvgIpc) is 3.53. The van der Waals surface area contributed by atoms with Crippen LogP contribution in [0.15, 0.2) is 158 Å². The van der Waals surface area contributed by atoms with E-state index in [1.54, 1.807) is 0 Å². The number of rotatable bonds is 14. The Morgan fingerprint density at radius 3 is 1.10 bits per heavy atom. The Morgan fingerprint density at radius 2 is 0.790 bits per heavy atom. The van der Waals surface area contributed by atoms with Crippen LogP contribution in [0.4, 0.5) is 0 Å². The lowest BCUT2D eigenvalue weighted by Crippen LogP contribution is -2.67. The van der Waals surface area contributed by atoms with Gasteiger partial charge in [-0.25, -0.2) is 0 Å². The highest BCUT2D eigenvalue weighted by atomic mass is 31.1. The number of ether oxygens (including phenoxy) is 1. The molecular formula is C54H65O5PSi2. The molecule has 62 heavy (non-hydrogen) atoms. The summed E-state index contributed by atoms with van der Waals surface area (Å²) < 4.78 is 29.7. The summed E-state index contributed by atoms with van der Waals surface area (Å²) in [5, 5.41) is 19.2. The molecule has 6 aromatic rings. The molecule has 0 aliphatic carbocycles. The van der Waals surface area contributed by atoms with E-state index in [9.17, 15) is 5.11 Å². The Bertz CT molecular complexity index is 2210. The van der Waals surface area contributed by atoms with Gasteiger partial charge in [0.05, 0.1) is 21.4 Å². The van der Waals surface area contributed by atoms with Gasteiger partial charge in [0.15, 0.2) is 0 Å². The van der Waals surface area contributed by atoms with Crippen molar-refractivity contribution < 1.29 is 23.2 Å². The van der Waals surface area contributed by atoms with Gasteiger partial charge >= 0.3 is 0 Å². The highest BCUT2D eigenvalue weighted by molar-refractivity contribution is 7.68. The van der Waals surface area contributed by atoms with E-state index in [0.29, 0.717) is 0 Å². The third-order valence-corrected chi connectivity index (χ3v) is 24.2. The smallest absolute Gasteiger partial charge is 0.261 e. The van der Waals surface area contributed by atoms with Crippen molar-refractivity contribution in [3.8, 4) is 0 Å². The Labute approximate surface area is 374 Å². The van der Waals surface area contributed by atoms with Gasteiger partial charge in [-0.3, -0.25) is 0 Å². The van der Waals surface area contributed by atoms with E-state index in [0.717, 1.165) is 10.6 Å². The van der Waals surface area contributed by atoms with E-state index in [-0.39, 0.29) is 23.3 Å². The SMILES string of the molecule is Cc1cc(C)cc(P(O[C@H]2[C@H](O)[C@@H](CO[Si](c3ccccc3)(c3ccccc3)C(C)(C)C)O[C@@H]2CO[Si](c2ccccc2)(c2ccccc2)C(C)(C)C)c2cc(C)cc(C)c2)c1. The number of aryl methyl sites for hydroxylation is 4. The minimum Gasteiger partial charge on any atom is -0.405 e. The van der Waals surface area contributed by atoms with Crippen LogP contribution in [0, 0.1) is 27.7 Å². The normalized spacial score (nSPS) is 18.6. The topological polar surface area (TPSA) is 57.2 Å². The van der Waals surface area contributed by atoms with Crippen LogP contribution >= 0.6 is 8.15 Å². The lowest BCUT2D eigenvalue weighted by Gasteiger charge is -2.44. The Kier molecular flexibility index (Phi) is 14.1.